The van der Waals surface area contributed by atoms with Crippen LogP contribution >= 0.6 is 0 Å². The molecule has 2 amide bonds. The van der Waals surface area contributed by atoms with Crippen molar-refractivity contribution in [3.63, 3.8) is 0 Å². The molecule has 0 aromatic heterocycles. The summed E-state index contributed by atoms with van der Waals surface area (Å²) in [5.74, 6) is -1.16. The van der Waals surface area contributed by atoms with Crippen LogP contribution in [0.25, 0.3) is 0 Å². The second kappa shape index (κ2) is 10.4. The molecule has 0 aromatic carbocycles. The number of hydrogen-bond donors (Lipinski definition) is 2. The zero-order chi connectivity index (χ0) is 15.5. The van der Waals surface area contributed by atoms with Gasteiger partial charge < -0.3 is 24.8 Å². The van der Waals surface area contributed by atoms with Gasteiger partial charge in [-0.2, -0.15) is 0 Å². The molecule has 2 atom stereocenters. The molecule has 0 fully saturated rings. The lowest BCUT2D eigenvalue weighted by Crippen LogP contribution is -2.51. The van der Waals surface area contributed by atoms with E-state index in [1.54, 1.807) is 21.1 Å². The van der Waals surface area contributed by atoms with Crippen molar-refractivity contribution >= 4 is 12.0 Å². The van der Waals surface area contributed by atoms with E-state index in [9.17, 15) is 14.7 Å². The minimum absolute atomic E-state index is 0.136. The standard InChI is InChI=1S/C13H26N2O5/c1-5-10(2)11(12(16)17)14-13(18)15(6-8-19-3)7-9-20-4/h10-11H,5-9H2,1-4H3,(H,14,18)(H,16,17)/t10?,11-/m0/s1. The second-order valence-corrected chi connectivity index (χ2v) is 4.62. The number of amides is 2. The molecule has 0 heterocycles. The van der Waals surface area contributed by atoms with E-state index in [0.717, 1.165) is 0 Å². The van der Waals surface area contributed by atoms with Crippen molar-refractivity contribution < 1.29 is 24.2 Å². The predicted octanol–water partition coefficient (Wildman–Crippen LogP) is 0.790. The van der Waals surface area contributed by atoms with Crippen molar-refractivity contribution in [1.82, 2.24) is 10.2 Å². The van der Waals surface area contributed by atoms with Gasteiger partial charge in [-0.3, -0.25) is 0 Å². The van der Waals surface area contributed by atoms with E-state index in [-0.39, 0.29) is 5.92 Å². The summed E-state index contributed by atoms with van der Waals surface area (Å²) in [6.45, 7) is 5.24. The summed E-state index contributed by atoms with van der Waals surface area (Å²) in [5.41, 5.74) is 0. The Balaban J connectivity index is 4.64. The number of rotatable bonds is 10. The molecule has 7 nitrogen and oxygen atoms in total. The summed E-state index contributed by atoms with van der Waals surface area (Å²) in [6.07, 6.45) is 0.674. The van der Waals surface area contributed by atoms with E-state index in [1.165, 1.54) is 4.90 Å². The predicted molar refractivity (Wildman–Crippen MR) is 74.7 cm³/mol. The Morgan fingerprint density at radius 1 is 1.20 bits per heavy atom. The number of hydrogen-bond acceptors (Lipinski definition) is 4. The molecule has 0 radical (unpaired) electrons. The molecule has 20 heavy (non-hydrogen) atoms. The maximum absolute atomic E-state index is 12.1. The zero-order valence-electron chi connectivity index (χ0n) is 12.7. The number of urea groups is 1. The molecule has 0 spiro atoms. The van der Waals surface area contributed by atoms with Gasteiger partial charge >= 0.3 is 12.0 Å². The average molecular weight is 290 g/mol. The largest absolute Gasteiger partial charge is 0.480 e. The monoisotopic (exact) mass is 290 g/mol. The number of nitrogens with zero attached hydrogens (tertiary/aromatic N) is 1. The molecule has 0 saturated carbocycles. The SMILES string of the molecule is CCC(C)[C@H](NC(=O)N(CCOC)CCOC)C(=O)O. The fourth-order valence-corrected chi connectivity index (χ4v) is 1.63. The van der Waals surface area contributed by atoms with Crippen LogP contribution in [-0.4, -0.2) is 68.6 Å². The molecular weight excluding hydrogens is 264 g/mol. The maximum atomic E-state index is 12.1. The number of carbonyl (C=O) groups excluding carboxylic acids is 1. The third kappa shape index (κ3) is 6.72. The first-order valence-electron chi connectivity index (χ1n) is 6.74. The number of carboxylic acid groups (broad SMARTS) is 1. The first-order valence-corrected chi connectivity index (χ1v) is 6.74. The maximum Gasteiger partial charge on any atom is 0.326 e. The van der Waals surface area contributed by atoms with Gasteiger partial charge in [-0.1, -0.05) is 20.3 Å². The minimum Gasteiger partial charge on any atom is -0.480 e. The smallest absolute Gasteiger partial charge is 0.326 e. The second-order valence-electron chi connectivity index (χ2n) is 4.62. The minimum atomic E-state index is -1.02. The van der Waals surface area contributed by atoms with Crippen LogP contribution in [0.5, 0.6) is 0 Å². The van der Waals surface area contributed by atoms with Crippen molar-refractivity contribution in [3.05, 3.63) is 0 Å². The first kappa shape index (κ1) is 18.7. The van der Waals surface area contributed by atoms with E-state index in [0.29, 0.717) is 32.7 Å². The highest BCUT2D eigenvalue weighted by molar-refractivity contribution is 5.82. The Morgan fingerprint density at radius 3 is 2.05 bits per heavy atom. The van der Waals surface area contributed by atoms with Crippen LogP contribution in [0.2, 0.25) is 0 Å². The van der Waals surface area contributed by atoms with Gasteiger partial charge in [0.15, 0.2) is 0 Å². The lowest BCUT2D eigenvalue weighted by molar-refractivity contribution is -0.140. The molecule has 0 aliphatic heterocycles. The van der Waals surface area contributed by atoms with Crippen molar-refractivity contribution in [2.45, 2.75) is 26.3 Å². The van der Waals surface area contributed by atoms with Gasteiger partial charge in [0.05, 0.1) is 13.2 Å². The Hall–Kier alpha value is -1.34. The van der Waals surface area contributed by atoms with E-state index in [4.69, 9.17) is 9.47 Å². The molecular formula is C13H26N2O5. The number of aliphatic carboxylic acids is 1. The van der Waals surface area contributed by atoms with Crippen LogP contribution in [0.3, 0.4) is 0 Å². The Morgan fingerprint density at radius 2 is 1.70 bits per heavy atom. The number of methoxy groups -OCH3 is 2. The van der Waals surface area contributed by atoms with E-state index < -0.39 is 18.0 Å². The third-order valence-electron chi connectivity index (χ3n) is 3.18. The summed E-state index contributed by atoms with van der Waals surface area (Å²) < 4.78 is 9.89. The van der Waals surface area contributed by atoms with E-state index >= 15 is 0 Å². The number of carboxylic acids is 1. The van der Waals surface area contributed by atoms with Crippen LogP contribution < -0.4 is 5.32 Å². The van der Waals surface area contributed by atoms with Gasteiger partial charge in [-0.15, -0.1) is 0 Å². The summed E-state index contributed by atoms with van der Waals surface area (Å²) in [7, 11) is 3.09. The fourth-order valence-electron chi connectivity index (χ4n) is 1.63. The fraction of sp³-hybridized carbons (Fsp3) is 0.846. The van der Waals surface area contributed by atoms with Gasteiger partial charge in [0.2, 0.25) is 0 Å². The van der Waals surface area contributed by atoms with E-state index in [1.807, 2.05) is 6.92 Å². The highest BCUT2D eigenvalue weighted by atomic mass is 16.5. The van der Waals surface area contributed by atoms with Crippen LogP contribution in [0.4, 0.5) is 4.79 Å². The molecule has 118 valence electrons. The molecule has 2 N–H and O–H groups in total. The summed E-state index contributed by atoms with van der Waals surface area (Å²) in [4.78, 5) is 24.8. The van der Waals surface area contributed by atoms with Crippen molar-refractivity contribution in [2.75, 3.05) is 40.5 Å². The van der Waals surface area contributed by atoms with Crippen molar-refractivity contribution in [2.24, 2.45) is 5.92 Å². The molecule has 0 saturated heterocycles. The van der Waals surface area contributed by atoms with Crippen LogP contribution in [0, 0.1) is 5.92 Å². The topological polar surface area (TPSA) is 88.1 Å². The van der Waals surface area contributed by atoms with Crippen LogP contribution in [0.15, 0.2) is 0 Å². The zero-order valence-corrected chi connectivity index (χ0v) is 12.7. The molecule has 0 aliphatic carbocycles. The Labute approximate surface area is 120 Å². The normalized spacial score (nSPS) is 13.6. The number of ether oxygens (including phenoxy) is 2. The molecule has 0 bridgehead atoms. The van der Waals surface area contributed by atoms with Gasteiger partial charge in [0.1, 0.15) is 6.04 Å². The highest BCUT2D eigenvalue weighted by Crippen LogP contribution is 2.08. The highest BCUT2D eigenvalue weighted by Gasteiger charge is 2.27. The Kier molecular flexibility index (Phi) is 9.75. The van der Waals surface area contributed by atoms with Gasteiger partial charge in [0, 0.05) is 27.3 Å². The Bertz CT molecular complexity index is 290. The third-order valence-corrected chi connectivity index (χ3v) is 3.18. The van der Waals surface area contributed by atoms with Crippen LogP contribution in [0.1, 0.15) is 20.3 Å². The lowest BCUT2D eigenvalue weighted by Gasteiger charge is -2.26. The average Bonchev–Trinajstić information content (AvgIpc) is 2.43. The lowest BCUT2D eigenvalue weighted by atomic mass is 9.99. The number of nitrogens with one attached hydrogen (secondary N) is 1. The van der Waals surface area contributed by atoms with Crippen molar-refractivity contribution in [3.8, 4) is 0 Å². The van der Waals surface area contributed by atoms with Gasteiger partial charge in [0.25, 0.3) is 0 Å². The van der Waals surface area contributed by atoms with E-state index in [2.05, 4.69) is 5.32 Å². The number of carbonyl (C=O) groups is 2. The van der Waals surface area contributed by atoms with Gasteiger partial charge in [-0.05, 0) is 5.92 Å². The molecule has 0 aliphatic rings. The van der Waals surface area contributed by atoms with Crippen LogP contribution in [-0.2, 0) is 14.3 Å². The quantitative estimate of drug-likeness (QED) is 0.621. The first-order chi connectivity index (χ1) is 9.47. The molecule has 1 unspecified atom stereocenters. The molecule has 7 heteroatoms. The summed E-state index contributed by atoms with van der Waals surface area (Å²) >= 11 is 0. The summed E-state index contributed by atoms with van der Waals surface area (Å²) in [6, 6.07) is -1.30. The molecule has 0 rings (SSSR count). The van der Waals surface area contributed by atoms with Gasteiger partial charge in [-0.25, -0.2) is 9.59 Å². The molecule has 0 aromatic rings. The summed E-state index contributed by atoms with van der Waals surface area (Å²) in [5, 5.41) is 11.7. The van der Waals surface area contributed by atoms with Crippen molar-refractivity contribution in [1.29, 1.82) is 0 Å².